The molecule has 2 saturated carbocycles. The van der Waals surface area contributed by atoms with Crippen LogP contribution >= 0.6 is 0 Å². The Kier molecular flexibility index (Phi) is 2.90. The van der Waals surface area contributed by atoms with E-state index in [9.17, 15) is 9.90 Å². The molecule has 19 heavy (non-hydrogen) atoms. The molecule has 102 valence electrons. The lowest BCUT2D eigenvalue weighted by molar-refractivity contribution is -0.137. The van der Waals surface area contributed by atoms with Crippen LogP contribution in [-0.2, 0) is 16.6 Å². The van der Waals surface area contributed by atoms with Crippen LogP contribution in [0, 0.1) is 0 Å². The average molecular weight is 260 g/mol. The SMILES string of the molecule is O=C(O)CC1(c2ccc(CCC3(O)CC3)cc2)CC1. The minimum absolute atomic E-state index is 0.0982. The second-order valence-electron chi connectivity index (χ2n) is 6.27. The van der Waals surface area contributed by atoms with Gasteiger partial charge in [0.15, 0.2) is 0 Å². The molecule has 0 atom stereocenters. The Morgan fingerprint density at radius 3 is 2.21 bits per heavy atom. The summed E-state index contributed by atoms with van der Waals surface area (Å²) < 4.78 is 0. The van der Waals surface area contributed by atoms with Crippen LogP contribution in [0.25, 0.3) is 0 Å². The fourth-order valence-corrected chi connectivity index (χ4v) is 2.80. The predicted octanol–water partition coefficient (Wildman–Crippen LogP) is 2.65. The molecule has 3 nitrogen and oxygen atoms in total. The molecule has 2 aliphatic carbocycles. The van der Waals surface area contributed by atoms with Gasteiger partial charge in [-0.1, -0.05) is 24.3 Å². The van der Waals surface area contributed by atoms with Gasteiger partial charge in [-0.2, -0.15) is 0 Å². The minimum Gasteiger partial charge on any atom is -0.481 e. The van der Waals surface area contributed by atoms with Crippen LogP contribution in [0.15, 0.2) is 24.3 Å². The number of rotatable bonds is 6. The van der Waals surface area contributed by atoms with Crippen molar-refractivity contribution in [1.82, 2.24) is 0 Å². The van der Waals surface area contributed by atoms with E-state index in [-0.39, 0.29) is 17.4 Å². The smallest absolute Gasteiger partial charge is 0.304 e. The van der Waals surface area contributed by atoms with E-state index in [1.54, 1.807) is 0 Å². The first-order valence-corrected chi connectivity index (χ1v) is 7.05. The molecule has 0 spiro atoms. The van der Waals surface area contributed by atoms with Gasteiger partial charge in [0.1, 0.15) is 0 Å². The third-order valence-corrected chi connectivity index (χ3v) is 4.62. The van der Waals surface area contributed by atoms with E-state index in [1.807, 2.05) is 0 Å². The van der Waals surface area contributed by atoms with Crippen molar-refractivity contribution in [3.63, 3.8) is 0 Å². The fraction of sp³-hybridized carbons (Fsp3) is 0.562. The zero-order valence-corrected chi connectivity index (χ0v) is 11.1. The van der Waals surface area contributed by atoms with Gasteiger partial charge in [0, 0.05) is 5.41 Å². The molecule has 1 aromatic rings. The van der Waals surface area contributed by atoms with Crippen LogP contribution in [0.4, 0.5) is 0 Å². The molecule has 3 heteroatoms. The molecule has 0 bridgehead atoms. The third kappa shape index (κ3) is 2.81. The molecule has 0 aliphatic heterocycles. The number of aliphatic carboxylic acids is 1. The number of aryl methyl sites for hydroxylation is 1. The first-order valence-electron chi connectivity index (χ1n) is 7.05. The van der Waals surface area contributed by atoms with Crippen molar-refractivity contribution in [2.75, 3.05) is 0 Å². The number of carboxylic acid groups (broad SMARTS) is 1. The van der Waals surface area contributed by atoms with E-state index < -0.39 is 5.97 Å². The summed E-state index contributed by atoms with van der Waals surface area (Å²) in [5, 5.41) is 18.8. The summed E-state index contributed by atoms with van der Waals surface area (Å²) >= 11 is 0. The first-order chi connectivity index (χ1) is 9.01. The summed E-state index contributed by atoms with van der Waals surface area (Å²) in [5.41, 5.74) is 1.90. The van der Waals surface area contributed by atoms with Crippen molar-refractivity contribution < 1.29 is 15.0 Å². The monoisotopic (exact) mass is 260 g/mol. The van der Waals surface area contributed by atoms with Crippen LogP contribution < -0.4 is 0 Å². The molecule has 2 fully saturated rings. The molecule has 0 amide bonds. The summed E-state index contributed by atoms with van der Waals surface area (Å²) in [6, 6.07) is 8.32. The summed E-state index contributed by atoms with van der Waals surface area (Å²) in [6.45, 7) is 0. The highest BCUT2D eigenvalue weighted by Gasteiger charge is 2.45. The Hall–Kier alpha value is -1.35. The van der Waals surface area contributed by atoms with Crippen molar-refractivity contribution in [3.05, 3.63) is 35.4 Å². The lowest BCUT2D eigenvalue weighted by Gasteiger charge is -2.14. The van der Waals surface area contributed by atoms with E-state index in [0.29, 0.717) is 0 Å². The van der Waals surface area contributed by atoms with Gasteiger partial charge in [0.2, 0.25) is 0 Å². The maximum atomic E-state index is 10.9. The predicted molar refractivity (Wildman–Crippen MR) is 72.1 cm³/mol. The second kappa shape index (κ2) is 4.34. The summed E-state index contributed by atoms with van der Waals surface area (Å²) in [7, 11) is 0. The number of carbonyl (C=O) groups is 1. The summed E-state index contributed by atoms with van der Waals surface area (Å²) in [6.07, 6.45) is 5.83. The molecule has 2 aliphatic rings. The second-order valence-corrected chi connectivity index (χ2v) is 6.27. The van der Waals surface area contributed by atoms with E-state index >= 15 is 0 Å². The lowest BCUT2D eigenvalue weighted by atomic mass is 9.91. The maximum absolute atomic E-state index is 10.9. The minimum atomic E-state index is -0.711. The van der Waals surface area contributed by atoms with Crippen LogP contribution in [0.2, 0.25) is 0 Å². The average Bonchev–Trinajstić information content (AvgIpc) is 3.27. The van der Waals surface area contributed by atoms with Gasteiger partial charge in [-0.3, -0.25) is 4.79 Å². The van der Waals surface area contributed by atoms with Crippen molar-refractivity contribution in [3.8, 4) is 0 Å². The Morgan fingerprint density at radius 1 is 1.11 bits per heavy atom. The largest absolute Gasteiger partial charge is 0.481 e. The maximum Gasteiger partial charge on any atom is 0.304 e. The summed E-state index contributed by atoms with van der Waals surface area (Å²) in [5.74, 6) is -0.711. The van der Waals surface area contributed by atoms with Crippen molar-refractivity contribution in [2.45, 2.75) is 56.0 Å². The van der Waals surface area contributed by atoms with E-state index in [2.05, 4.69) is 24.3 Å². The van der Waals surface area contributed by atoms with Gasteiger partial charge in [-0.05, 0) is 49.7 Å². The zero-order valence-electron chi connectivity index (χ0n) is 11.1. The Balaban J connectivity index is 1.64. The zero-order chi connectivity index (χ0) is 13.5. The number of hydrogen-bond donors (Lipinski definition) is 2. The molecular weight excluding hydrogens is 240 g/mol. The van der Waals surface area contributed by atoms with Gasteiger partial charge in [-0.25, -0.2) is 0 Å². The third-order valence-electron chi connectivity index (χ3n) is 4.62. The highest BCUT2D eigenvalue weighted by molar-refractivity contribution is 5.70. The molecule has 0 radical (unpaired) electrons. The van der Waals surface area contributed by atoms with Gasteiger partial charge >= 0.3 is 5.97 Å². The standard InChI is InChI=1S/C16H20O3/c17-14(18)11-15(7-8-15)13-3-1-12(2-4-13)5-6-16(19)9-10-16/h1-4,19H,5-11H2,(H,17,18). The Labute approximate surface area is 113 Å². The molecule has 1 aromatic carbocycles. The van der Waals surface area contributed by atoms with Crippen LogP contribution in [0.5, 0.6) is 0 Å². The molecule has 3 rings (SSSR count). The van der Waals surface area contributed by atoms with E-state index in [1.165, 1.54) is 5.56 Å². The molecule has 0 unspecified atom stereocenters. The van der Waals surface area contributed by atoms with Crippen molar-refractivity contribution in [2.24, 2.45) is 0 Å². The van der Waals surface area contributed by atoms with E-state index in [4.69, 9.17) is 5.11 Å². The fourth-order valence-electron chi connectivity index (χ4n) is 2.80. The summed E-state index contributed by atoms with van der Waals surface area (Å²) in [4.78, 5) is 10.9. The number of hydrogen-bond acceptors (Lipinski definition) is 2. The van der Waals surface area contributed by atoms with Gasteiger partial charge in [-0.15, -0.1) is 0 Å². The van der Waals surface area contributed by atoms with Gasteiger partial charge < -0.3 is 10.2 Å². The first kappa shape index (κ1) is 12.7. The van der Waals surface area contributed by atoms with Crippen LogP contribution in [-0.4, -0.2) is 21.8 Å². The molecular formula is C16H20O3. The number of carboxylic acids is 1. The number of aliphatic hydroxyl groups is 1. The molecule has 2 N–H and O–H groups in total. The van der Waals surface area contributed by atoms with E-state index in [0.717, 1.165) is 44.1 Å². The quantitative estimate of drug-likeness (QED) is 0.826. The van der Waals surface area contributed by atoms with Gasteiger partial charge in [0.05, 0.1) is 12.0 Å². The highest BCUT2D eigenvalue weighted by Crippen LogP contribution is 2.51. The van der Waals surface area contributed by atoms with Crippen LogP contribution in [0.3, 0.4) is 0 Å². The lowest BCUT2D eigenvalue weighted by Crippen LogP contribution is -2.13. The molecule has 0 saturated heterocycles. The molecule has 0 aromatic heterocycles. The van der Waals surface area contributed by atoms with Gasteiger partial charge in [0.25, 0.3) is 0 Å². The normalized spacial score (nSPS) is 21.9. The van der Waals surface area contributed by atoms with Crippen molar-refractivity contribution in [1.29, 1.82) is 0 Å². The Morgan fingerprint density at radius 2 is 1.74 bits per heavy atom. The topological polar surface area (TPSA) is 57.5 Å². The number of benzene rings is 1. The van der Waals surface area contributed by atoms with Crippen molar-refractivity contribution >= 4 is 5.97 Å². The Bertz CT molecular complexity index is 481. The van der Waals surface area contributed by atoms with Crippen LogP contribution in [0.1, 0.15) is 49.7 Å². The highest BCUT2D eigenvalue weighted by atomic mass is 16.4. The molecule has 0 heterocycles.